The Balaban J connectivity index is 2.06. The molecular formula is C14H15ClN2OS. The number of ketones is 1. The molecule has 0 aliphatic heterocycles. The summed E-state index contributed by atoms with van der Waals surface area (Å²) in [5.41, 5.74) is 3.43. The number of rotatable bonds is 5. The molecular weight excluding hydrogens is 280 g/mol. The zero-order valence-electron chi connectivity index (χ0n) is 10.8. The van der Waals surface area contributed by atoms with Crippen LogP contribution in [0, 0.1) is 0 Å². The lowest BCUT2D eigenvalue weighted by Gasteiger charge is -2.22. The standard InChI is InChI=1S/C14H15ClN2OS/c1-10(17(2)7-13-8-19-9-16-13)14(18)11-4-3-5-12(15)6-11/h3-6,8-10H,7H2,1-2H3. The average Bonchev–Trinajstić information content (AvgIpc) is 2.89. The van der Waals surface area contributed by atoms with Crippen LogP contribution in [-0.4, -0.2) is 28.8 Å². The molecule has 0 saturated heterocycles. The van der Waals surface area contributed by atoms with Gasteiger partial charge in [0.05, 0.1) is 17.2 Å². The van der Waals surface area contributed by atoms with Gasteiger partial charge in [0.2, 0.25) is 0 Å². The van der Waals surface area contributed by atoms with Gasteiger partial charge in [0.15, 0.2) is 5.78 Å². The minimum atomic E-state index is -0.208. The first-order valence-corrected chi connectivity index (χ1v) is 7.27. The lowest BCUT2D eigenvalue weighted by atomic mass is 10.0. The molecule has 100 valence electrons. The summed E-state index contributed by atoms with van der Waals surface area (Å²) in [5, 5.41) is 2.58. The first-order chi connectivity index (χ1) is 9.08. The third-order valence-corrected chi connectivity index (χ3v) is 3.91. The molecule has 2 rings (SSSR count). The van der Waals surface area contributed by atoms with Crippen molar-refractivity contribution in [3.63, 3.8) is 0 Å². The number of hydrogen-bond donors (Lipinski definition) is 0. The van der Waals surface area contributed by atoms with Crippen LogP contribution in [0.25, 0.3) is 0 Å². The van der Waals surface area contributed by atoms with E-state index in [1.54, 1.807) is 41.1 Å². The van der Waals surface area contributed by atoms with E-state index in [1.165, 1.54) is 0 Å². The predicted molar refractivity (Wildman–Crippen MR) is 78.8 cm³/mol. The maximum atomic E-state index is 12.3. The van der Waals surface area contributed by atoms with Gasteiger partial charge in [0, 0.05) is 22.5 Å². The smallest absolute Gasteiger partial charge is 0.179 e. The monoisotopic (exact) mass is 294 g/mol. The number of likely N-dealkylation sites (N-methyl/N-ethyl adjacent to an activating group) is 1. The van der Waals surface area contributed by atoms with Gasteiger partial charge in [0.1, 0.15) is 0 Å². The molecule has 0 spiro atoms. The molecule has 0 saturated carbocycles. The van der Waals surface area contributed by atoms with E-state index in [4.69, 9.17) is 11.6 Å². The fraction of sp³-hybridized carbons (Fsp3) is 0.286. The summed E-state index contributed by atoms with van der Waals surface area (Å²) in [6.07, 6.45) is 0. The van der Waals surface area contributed by atoms with Crippen molar-refractivity contribution in [3.8, 4) is 0 Å². The molecule has 1 aromatic carbocycles. The van der Waals surface area contributed by atoms with E-state index < -0.39 is 0 Å². The molecule has 2 aromatic rings. The summed E-state index contributed by atoms with van der Waals surface area (Å²) in [4.78, 5) is 18.6. The molecule has 0 fully saturated rings. The molecule has 0 bridgehead atoms. The van der Waals surface area contributed by atoms with E-state index in [1.807, 2.05) is 24.3 Å². The summed E-state index contributed by atoms with van der Waals surface area (Å²) >= 11 is 7.47. The highest BCUT2D eigenvalue weighted by Crippen LogP contribution is 2.15. The van der Waals surface area contributed by atoms with Crippen molar-refractivity contribution in [2.45, 2.75) is 19.5 Å². The van der Waals surface area contributed by atoms with E-state index in [2.05, 4.69) is 4.98 Å². The Kier molecular flexibility index (Phi) is 4.69. The number of Topliss-reactive ketones (excluding diaryl/α,β-unsaturated/α-hetero) is 1. The molecule has 0 aliphatic rings. The zero-order chi connectivity index (χ0) is 13.8. The van der Waals surface area contributed by atoms with Gasteiger partial charge in [-0.3, -0.25) is 9.69 Å². The Hall–Kier alpha value is -1.23. The molecule has 0 N–H and O–H groups in total. The van der Waals surface area contributed by atoms with E-state index in [9.17, 15) is 4.79 Å². The number of hydrogen-bond acceptors (Lipinski definition) is 4. The van der Waals surface area contributed by atoms with Crippen LogP contribution in [0.1, 0.15) is 23.0 Å². The lowest BCUT2D eigenvalue weighted by molar-refractivity contribution is 0.0861. The first-order valence-electron chi connectivity index (χ1n) is 5.95. The van der Waals surface area contributed by atoms with Gasteiger partial charge < -0.3 is 0 Å². The lowest BCUT2D eigenvalue weighted by Crippen LogP contribution is -2.35. The van der Waals surface area contributed by atoms with Gasteiger partial charge in [-0.2, -0.15) is 0 Å². The summed E-state index contributed by atoms with van der Waals surface area (Å²) < 4.78 is 0. The molecule has 3 nitrogen and oxygen atoms in total. The Morgan fingerprint density at radius 1 is 1.53 bits per heavy atom. The number of thiazole rings is 1. The molecule has 5 heteroatoms. The third kappa shape index (κ3) is 3.62. The van der Waals surface area contributed by atoms with Crippen LogP contribution in [0.2, 0.25) is 5.02 Å². The number of aromatic nitrogens is 1. The summed E-state index contributed by atoms with van der Waals surface area (Å²) in [6.45, 7) is 2.56. The highest BCUT2D eigenvalue weighted by molar-refractivity contribution is 7.07. The average molecular weight is 295 g/mol. The maximum Gasteiger partial charge on any atom is 0.179 e. The second-order valence-electron chi connectivity index (χ2n) is 4.45. The molecule has 19 heavy (non-hydrogen) atoms. The van der Waals surface area contributed by atoms with E-state index in [0.717, 1.165) is 5.69 Å². The second kappa shape index (κ2) is 6.28. The van der Waals surface area contributed by atoms with Crippen molar-refractivity contribution in [2.24, 2.45) is 0 Å². The molecule has 0 aliphatic carbocycles. The van der Waals surface area contributed by atoms with Crippen molar-refractivity contribution >= 4 is 28.7 Å². The molecule has 1 unspecified atom stereocenters. The Morgan fingerprint density at radius 3 is 2.95 bits per heavy atom. The van der Waals surface area contributed by atoms with Crippen molar-refractivity contribution in [1.29, 1.82) is 0 Å². The highest BCUT2D eigenvalue weighted by atomic mass is 35.5. The molecule has 0 radical (unpaired) electrons. The molecule has 0 amide bonds. The van der Waals surface area contributed by atoms with E-state index in [0.29, 0.717) is 17.1 Å². The Labute approximate surface area is 121 Å². The number of carbonyl (C=O) groups excluding carboxylic acids is 1. The second-order valence-corrected chi connectivity index (χ2v) is 5.60. The summed E-state index contributed by atoms with van der Waals surface area (Å²) in [5.74, 6) is 0.0697. The minimum absolute atomic E-state index is 0.0697. The van der Waals surface area contributed by atoms with Gasteiger partial charge >= 0.3 is 0 Å². The molecule has 1 heterocycles. The van der Waals surface area contributed by atoms with Crippen LogP contribution in [0.15, 0.2) is 35.2 Å². The van der Waals surface area contributed by atoms with Crippen molar-refractivity contribution < 1.29 is 4.79 Å². The van der Waals surface area contributed by atoms with Gasteiger partial charge in [-0.05, 0) is 26.1 Å². The largest absolute Gasteiger partial charge is 0.292 e. The maximum absolute atomic E-state index is 12.3. The Bertz CT molecular complexity index is 556. The fourth-order valence-corrected chi connectivity index (χ4v) is 2.53. The topological polar surface area (TPSA) is 33.2 Å². The van der Waals surface area contributed by atoms with Crippen LogP contribution in [0.3, 0.4) is 0 Å². The van der Waals surface area contributed by atoms with Gasteiger partial charge in [0.25, 0.3) is 0 Å². The van der Waals surface area contributed by atoms with E-state index >= 15 is 0 Å². The summed E-state index contributed by atoms with van der Waals surface area (Å²) in [7, 11) is 1.92. The van der Waals surface area contributed by atoms with Crippen LogP contribution in [0.5, 0.6) is 0 Å². The Morgan fingerprint density at radius 2 is 2.32 bits per heavy atom. The molecule has 1 atom stereocenters. The van der Waals surface area contributed by atoms with E-state index in [-0.39, 0.29) is 11.8 Å². The quantitative estimate of drug-likeness (QED) is 0.791. The van der Waals surface area contributed by atoms with Crippen molar-refractivity contribution in [1.82, 2.24) is 9.88 Å². The van der Waals surface area contributed by atoms with Crippen molar-refractivity contribution in [2.75, 3.05) is 7.05 Å². The van der Waals surface area contributed by atoms with Gasteiger partial charge in [-0.1, -0.05) is 23.7 Å². The SMILES string of the molecule is CC(C(=O)c1cccc(Cl)c1)N(C)Cc1cscn1. The van der Waals surface area contributed by atoms with Crippen LogP contribution in [0.4, 0.5) is 0 Å². The highest BCUT2D eigenvalue weighted by Gasteiger charge is 2.20. The third-order valence-electron chi connectivity index (χ3n) is 3.04. The number of nitrogens with zero attached hydrogens (tertiary/aromatic N) is 2. The summed E-state index contributed by atoms with van der Waals surface area (Å²) in [6, 6.07) is 6.85. The number of carbonyl (C=O) groups is 1. The van der Waals surface area contributed by atoms with Crippen LogP contribution < -0.4 is 0 Å². The minimum Gasteiger partial charge on any atom is -0.292 e. The first kappa shape index (κ1) is 14.2. The number of halogens is 1. The van der Waals surface area contributed by atoms with Gasteiger partial charge in [-0.25, -0.2) is 4.98 Å². The molecule has 1 aromatic heterocycles. The van der Waals surface area contributed by atoms with Crippen LogP contribution in [-0.2, 0) is 6.54 Å². The number of benzene rings is 1. The normalized spacial score (nSPS) is 12.6. The zero-order valence-corrected chi connectivity index (χ0v) is 12.4. The predicted octanol–water partition coefficient (Wildman–Crippen LogP) is 3.50. The van der Waals surface area contributed by atoms with Gasteiger partial charge in [-0.15, -0.1) is 11.3 Å². The fourth-order valence-electron chi connectivity index (χ4n) is 1.79. The van der Waals surface area contributed by atoms with Crippen LogP contribution >= 0.6 is 22.9 Å². The van der Waals surface area contributed by atoms with Crippen molar-refractivity contribution in [3.05, 3.63) is 51.4 Å².